The first-order valence-electron chi connectivity index (χ1n) is 18.4. The van der Waals surface area contributed by atoms with Gasteiger partial charge < -0.3 is 18.9 Å². The highest BCUT2D eigenvalue weighted by atomic mass is 79.9. The number of hydrogen-bond donors (Lipinski definition) is 0. The zero-order valence-electron chi connectivity index (χ0n) is 31.7. The van der Waals surface area contributed by atoms with Crippen molar-refractivity contribution < 1.29 is 23.7 Å². The van der Waals surface area contributed by atoms with Gasteiger partial charge in [0.1, 0.15) is 40.4 Å². The largest absolute Gasteiger partial charge is 0.497 e. The summed E-state index contributed by atoms with van der Waals surface area (Å²) in [4.78, 5) is 12.0. The van der Waals surface area contributed by atoms with Crippen molar-refractivity contribution in [3.63, 3.8) is 0 Å². The summed E-state index contributed by atoms with van der Waals surface area (Å²) < 4.78 is 24.3. The average Bonchev–Trinajstić information content (AvgIpc) is 3.26. The Balaban J connectivity index is 1.12. The molecule has 0 amide bonds. The van der Waals surface area contributed by atoms with Crippen molar-refractivity contribution in [1.29, 1.82) is 0 Å². The second-order valence-electron chi connectivity index (χ2n) is 13.4. The molecule has 7 rings (SSSR count). The minimum atomic E-state index is -2.03. The Hall–Kier alpha value is -5.68. The van der Waals surface area contributed by atoms with Crippen LogP contribution in [0.1, 0.15) is 27.0 Å². The lowest BCUT2D eigenvalue weighted by Crippen LogP contribution is -2.32. The fourth-order valence-corrected chi connectivity index (χ4v) is 12.0. The van der Waals surface area contributed by atoms with Gasteiger partial charge in [-0.05, 0) is 126 Å². The van der Waals surface area contributed by atoms with E-state index < -0.39 is 7.26 Å². The number of aldehydes is 1. The molecular weight excluding hydrogens is 779 g/mol. The van der Waals surface area contributed by atoms with E-state index in [1.165, 1.54) is 21.5 Å². The van der Waals surface area contributed by atoms with Crippen molar-refractivity contribution in [3.05, 3.63) is 191 Å². The van der Waals surface area contributed by atoms with E-state index in [4.69, 9.17) is 18.9 Å². The van der Waals surface area contributed by atoms with Crippen LogP contribution in [0.25, 0.3) is 11.1 Å². The predicted octanol–water partition coefficient (Wildman–Crippen LogP) is 11.0. The predicted molar refractivity (Wildman–Crippen MR) is 234 cm³/mol. The summed E-state index contributed by atoms with van der Waals surface area (Å²) in [6.07, 6.45) is 3.22. The summed E-state index contributed by atoms with van der Waals surface area (Å²) in [5.41, 5.74) is 5.56. The number of carbonyl (C=O) groups is 1. The highest BCUT2D eigenvalue weighted by molar-refractivity contribution is 9.10. The number of aryl methyl sites for hydroxylation is 2. The number of methoxy groups -OCH3 is 3. The zero-order valence-corrected chi connectivity index (χ0v) is 34.1. The Morgan fingerprint density at radius 3 is 1.64 bits per heavy atom. The van der Waals surface area contributed by atoms with Crippen LogP contribution in [0.2, 0.25) is 0 Å². The summed E-state index contributed by atoms with van der Waals surface area (Å²) in [6.45, 7) is 0. The number of benzene rings is 7. The Bertz CT molecular complexity index is 2300. The van der Waals surface area contributed by atoms with Gasteiger partial charge in [-0.3, -0.25) is 4.79 Å². The minimum absolute atomic E-state index is 0.531. The van der Waals surface area contributed by atoms with Gasteiger partial charge in [0.25, 0.3) is 0 Å². The van der Waals surface area contributed by atoms with Crippen LogP contribution in [-0.4, -0.2) is 27.6 Å². The minimum Gasteiger partial charge on any atom is -0.497 e. The fraction of sp³-hybridized carbons (Fsp3) is 0.122. The molecule has 0 radical (unpaired) electrons. The van der Waals surface area contributed by atoms with E-state index in [-0.39, 0.29) is 0 Å². The first kappa shape index (κ1) is 38.6. The molecule has 56 heavy (non-hydrogen) atoms. The lowest BCUT2D eigenvalue weighted by Gasteiger charge is -2.28. The van der Waals surface area contributed by atoms with Gasteiger partial charge in [0, 0.05) is 15.6 Å². The SMILES string of the molecule is COc1ccc(-c2cc(Br)c(CCc3ccc(OC)c(Oc4ccc(C[P+](c5ccccc5)(c5ccccc5)c5ccccc5)cc4)c3)cc2OC)c(C=O)c1. The Labute approximate surface area is 338 Å². The molecule has 0 heterocycles. The molecule has 0 atom stereocenters. The van der Waals surface area contributed by atoms with Crippen molar-refractivity contribution in [3.8, 4) is 39.9 Å². The van der Waals surface area contributed by atoms with Gasteiger partial charge in [0.05, 0.1) is 27.5 Å². The van der Waals surface area contributed by atoms with Gasteiger partial charge in [-0.25, -0.2) is 0 Å². The van der Waals surface area contributed by atoms with Crippen LogP contribution in [0.15, 0.2) is 168 Å². The summed E-state index contributed by atoms with van der Waals surface area (Å²) in [5, 5.41) is 4.06. The lowest BCUT2D eigenvalue weighted by atomic mass is 9.96. The molecule has 7 aromatic carbocycles. The van der Waals surface area contributed by atoms with Crippen molar-refractivity contribution in [2.75, 3.05) is 21.3 Å². The van der Waals surface area contributed by atoms with E-state index in [1.807, 2.05) is 30.3 Å². The number of rotatable bonds is 15. The van der Waals surface area contributed by atoms with Crippen LogP contribution in [0.4, 0.5) is 0 Å². The van der Waals surface area contributed by atoms with Gasteiger partial charge in [-0.15, -0.1) is 0 Å². The van der Waals surface area contributed by atoms with Crippen LogP contribution >= 0.6 is 23.2 Å². The fourth-order valence-electron chi connectivity index (χ4n) is 7.24. The number of halogens is 1. The highest BCUT2D eigenvalue weighted by Crippen LogP contribution is 2.58. The molecule has 0 spiro atoms. The maximum atomic E-state index is 12.0. The van der Waals surface area contributed by atoms with E-state index in [9.17, 15) is 4.79 Å². The molecule has 280 valence electrons. The lowest BCUT2D eigenvalue weighted by molar-refractivity contribution is 0.112. The quantitative estimate of drug-likeness (QED) is 0.0762. The van der Waals surface area contributed by atoms with Crippen LogP contribution in [0, 0.1) is 0 Å². The summed E-state index contributed by atoms with van der Waals surface area (Å²) in [6, 6.07) is 56.9. The van der Waals surface area contributed by atoms with E-state index in [2.05, 4.69) is 143 Å². The maximum Gasteiger partial charge on any atom is 0.169 e. The van der Waals surface area contributed by atoms with E-state index >= 15 is 0 Å². The van der Waals surface area contributed by atoms with Crippen LogP contribution in [0.3, 0.4) is 0 Å². The van der Waals surface area contributed by atoms with E-state index in [0.717, 1.165) is 57.8 Å². The van der Waals surface area contributed by atoms with E-state index in [0.29, 0.717) is 28.6 Å². The summed E-state index contributed by atoms with van der Waals surface area (Å²) in [5.74, 6) is 3.38. The molecule has 0 saturated heterocycles. The van der Waals surface area contributed by atoms with Gasteiger partial charge >= 0.3 is 0 Å². The van der Waals surface area contributed by atoms with Crippen molar-refractivity contribution >= 4 is 45.4 Å². The summed E-state index contributed by atoms with van der Waals surface area (Å²) >= 11 is 3.79. The zero-order chi connectivity index (χ0) is 38.9. The topological polar surface area (TPSA) is 54.0 Å². The first-order chi connectivity index (χ1) is 27.4. The molecule has 0 N–H and O–H groups in total. The molecule has 0 aromatic heterocycles. The second-order valence-corrected chi connectivity index (χ2v) is 17.8. The molecule has 0 aliphatic heterocycles. The number of ether oxygens (including phenoxy) is 4. The molecule has 0 aliphatic carbocycles. The van der Waals surface area contributed by atoms with Crippen molar-refractivity contribution in [2.45, 2.75) is 19.0 Å². The van der Waals surface area contributed by atoms with Gasteiger partial charge in [-0.1, -0.05) is 88.7 Å². The van der Waals surface area contributed by atoms with E-state index in [1.54, 1.807) is 27.4 Å². The van der Waals surface area contributed by atoms with Crippen LogP contribution in [0.5, 0.6) is 28.7 Å². The summed E-state index contributed by atoms with van der Waals surface area (Å²) in [7, 11) is 2.86. The monoisotopic (exact) mass is 821 g/mol. The molecule has 0 aliphatic rings. The third-order valence-electron chi connectivity index (χ3n) is 10.1. The third-order valence-corrected chi connectivity index (χ3v) is 15.2. The van der Waals surface area contributed by atoms with Crippen LogP contribution < -0.4 is 34.9 Å². The molecule has 0 fully saturated rings. The Morgan fingerprint density at radius 2 is 1.09 bits per heavy atom. The van der Waals surface area contributed by atoms with Gasteiger partial charge in [0.2, 0.25) is 0 Å². The smallest absolute Gasteiger partial charge is 0.169 e. The Kier molecular flexibility index (Phi) is 12.3. The first-order valence-corrected chi connectivity index (χ1v) is 21.2. The van der Waals surface area contributed by atoms with Crippen molar-refractivity contribution in [2.24, 2.45) is 0 Å². The molecule has 0 unspecified atom stereocenters. The molecule has 5 nitrogen and oxygen atoms in total. The normalized spacial score (nSPS) is 11.1. The van der Waals surface area contributed by atoms with Crippen LogP contribution in [-0.2, 0) is 19.0 Å². The van der Waals surface area contributed by atoms with Gasteiger partial charge in [0.15, 0.2) is 17.8 Å². The third kappa shape index (κ3) is 8.28. The van der Waals surface area contributed by atoms with Crippen molar-refractivity contribution in [1.82, 2.24) is 0 Å². The molecular formula is C49H43BrO5P+. The standard InChI is InChI=1S/C49H43BrO5P/c1-52-40-26-27-44(38(30-40)33-51)45-32-46(50)37(31-48(45)54-3)23-19-35-22-28-47(53-2)49(29-35)55-39-24-20-36(21-25-39)34-56(41-13-7-4-8-14-41,42-15-9-5-10-16-42)43-17-11-6-12-18-43/h4-18,20-22,24-33H,19,23,34H2,1-3H3/q+1. The Morgan fingerprint density at radius 1 is 0.518 bits per heavy atom. The highest BCUT2D eigenvalue weighted by Gasteiger charge is 2.45. The molecule has 7 aromatic rings. The second kappa shape index (κ2) is 17.8. The molecule has 7 heteroatoms. The molecule has 0 bridgehead atoms. The number of carbonyl (C=O) groups excluding carboxylic acids is 1. The maximum absolute atomic E-state index is 12.0. The average molecular weight is 823 g/mol. The van der Waals surface area contributed by atoms with Gasteiger partial charge in [-0.2, -0.15) is 0 Å². The molecule has 0 saturated carbocycles. The number of hydrogen-bond acceptors (Lipinski definition) is 5.